The first-order valence-corrected chi connectivity index (χ1v) is 10.2. The van der Waals surface area contributed by atoms with E-state index < -0.39 is 0 Å². The van der Waals surface area contributed by atoms with Gasteiger partial charge in [-0.15, -0.1) is 0 Å². The van der Waals surface area contributed by atoms with Crippen LogP contribution in [0.3, 0.4) is 0 Å². The summed E-state index contributed by atoms with van der Waals surface area (Å²) in [4.78, 5) is 24.7. The third-order valence-electron chi connectivity index (χ3n) is 5.36. The molecule has 0 spiro atoms. The van der Waals surface area contributed by atoms with Crippen molar-refractivity contribution in [3.8, 4) is 0 Å². The molecule has 0 rings (SSSR count). The molecule has 0 aliphatic rings. The zero-order valence-corrected chi connectivity index (χ0v) is 19.8. The maximum atomic E-state index is 12.5. The fourth-order valence-corrected chi connectivity index (χ4v) is 2.81. The van der Waals surface area contributed by atoms with Gasteiger partial charge in [-0.05, 0) is 6.42 Å². The van der Waals surface area contributed by atoms with Crippen molar-refractivity contribution in [3.05, 3.63) is 0 Å². The van der Waals surface area contributed by atoms with Crippen LogP contribution in [0.15, 0.2) is 0 Å². The zero-order chi connectivity index (χ0) is 21.5. The van der Waals surface area contributed by atoms with Crippen LogP contribution < -0.4 is 5.32 Å². The van der Waals surface area contributed by atoms with Gasteiger partial charge in [0.2, 0.25) is 5.91 Å². The summed E-state index contributed by atoms with van der Waals surface area (Å²) in [6.07, 6.45) is 2.55. The van der Waals surface area contributed by atoms with Gasteiger partial charge in [0.15, 0.2) is 12.5 Å². The van der Waals surface area contributed by atoms with Gasteiger partial charge in [0.25, 0.3) is 0 Å². The minimum atomic E-state index is -0.364. The molecule has 0 radical (unpaired) electrons. The molecule has 0 saturated carbocycles. The molecular weight excluding hydrogens is 340 g/mol. The molecule has 0 saturated heterocycles. The number of carbonyl (C=O) groups excluding carboxylic acids is 2. The number of ketones is 1. The molecule has 0 atom stereocenters. The Balaban J connectivity index is 4.36. The highest BCUT2D eigenvalue weighted by Crippen LogP contribution is 2.19. The Kier molecular flexibility index (Phi) is 9.62. The van der Waals surface area contributed by atoms with Crippen LogP contribution in [0.25, 0.3) is 0 Å². The zero-order valence-electron chi connectivity index (χ0n) is 19.8. The van der Waals surface area contributed by atoms with E-state index in [0.717, 1.165) is 41.4 Å². The van der Waals surface area contributed by atoms with Crippen molar-refractivity contribution >= 4 is 11.7 Å². The Hall–Kier alpha value is -0.980. The fraction of sp³-hybridized carbons (Fsp3) is 0.905. The third kappa shape index (κ3) is 12.2. The molecule has 27 heavy (non-hydrogen) atoms. The monoisotopic (exact) mass is 387 g/mol. The van der Waals surface area contributed by atoms with Crippen LogP contribution in [-0.4, -0.2) is 107 Å². The summed E-state index contributed by atoms with van der Waals surface area (Å²) in [7, 11) is 15.0. The van der Waals surface area contributed by atoms with E-state index >= 15 is 0 Å². The molecule has 0 aromatic heterocycles. The van der Waals surface area contributed by atoms with Gasteiger partial charge in [-0.2, -0.15) is 0 Å². The van der Waals surface area contributed by atoms with E-state index in [1.54, 1.807) is 0 Å². The number of carbonyl (C=O) groups is 2. The first-order valence-electron chi connectivity index (χ1n) is 10.2. The van der Waals surface area contributed by atoms with Crippen LogP contribution in [-0.2, 0) is 9.59 Å². The van der Waals surface area contributed by atoms with Gasteiger partial charge in [0, 0.05) is 11.8 Å². The van der Waals surface area contributed by atoms with E-state index in [4.69, 9.17) is 0 Å². The van der Waals surface area contributed by atoms with Crippen molar-refractivity contribution < 1.29 is 23.0 Å². The Bertz CT molecular complexity index is 491. The molecule has 0 aromatic carbocycles. The lowest BCUT2D eigenvalue weighted by atomic mass is 9.89. The summed E-state index contributed by atoms with van der Waals surface area (Å²) in [5.74, 6) is 0.320. The Labute approximate surface area is 168 Å². The predicted molar refractivity (Wildman–Crippen MR) is 113 cm³/mol. The quantitative estimate of drug-likeness (QED) is 0.386. The summed E-state index contributed by atoms with van der Waals surface area (Å²) in [5, 5.41) is 3.01. The first kappa shape index (κ1) is 26.0. The van der Waals surface area contributed by atoms with E-state index in [2.05, 4.69) is 40.6 Å². The number of Topliss-reactive ketones (excluding diaryl/α,β-unsaturated/α-hetero) is 1. The number of hydrogen-bond acceptors (Lipinski definition) is 2. The molecule has 0 aliphatic heterocycles. The molecule has 0 heterocycles. The standard InChI is InChI=1S/C21H46N4O2/c1-11-21(2,3)20(27)22-18-25(9,10)17-19(26)13-16-24(7,8)15-12-14-23(4,5)6/h11-18H2,1-10H3/q+2/p+1. The van der Waals surface area contributed by atoms with E-state index in [9.17, 15) is 9.59 Å². The van der Waals surface area contributed by atoms with Crippen molar-refractivity contribution in [1.29, 1.82) is 0 Å². The number of hydrogen-bond donors (Lipinski definition) is 1. The smallest absolute Gasteiger partial charge is 0.229 e. The molecule has 6 nitrogen and oxygen atoms in total. The fourth-order valence-electron chi connectivity index (χ4n) is 2.81. The lowest BCUT2D eigenvalue weighted by Gasteiger charge is -2.33. The van der Waals surface area contributed by atoms with Crippen LogP contribution in [0, 0.1) is 5.41 Å². The maximum Gasteiger partial charge on any atom is 0.229 e. The molecule has 0 bridgehead atoms. The molecule has 6 heteroatoms. The van der Waals surface area contributed by atoms with Crippen molar-refractivity contribution in [2.45, 2.75) is 40.0 Å². The van der Waals surface area contributed by atoms with Gasteiger partial charge in [-0.1, -0.05) is 20.8 Å². The number of nitrogens with one attached hydrogen (secondary N) is 1. The van der Waals surface area contributed by atoms with Gasteiger partial charge in [-0.25, -0.2) is 0 Å². The Morgan fingerprint density at radius 1 is 0.852 bits per heavy atom. The second-order valence-electron chi connectivity index (χ2n) is 11.0. The molecule has 0 unspecified atom stereocenters. The van der Waals surface area contributed by atoms with Crippen LogP contribution in [0.2, 0.25) is 0 Å². The van der Waals surface area contributed by atoms with E-state index in [1.165, 1.54) is 0 Å². The van der Waals surface area contributed by atoms with Crippen LogP contribution in [0.5, 0.6) is 0 Å². The first-order chi connectivity index (χ1) is 12.0. The summed E-state index contributed by atoms with van der Waals surface area (Å²) < 4.78 is 2.34. The number of quaternary nitrogens is 3. The topological polar surface area (TPSA) is 46.2 Å². The summed E-state index contributed by atoms with van der Waals surface area (Å²) >= 11 is 0. The Morgan fingerprint density at radius 2 is 1.41 bits per heavy atom. The van der Waals surface area contributed by atoms with Crippen LogP contribution >= 0.6 is 0 Å². The normalized spacial score (nSPS) is 13.6. The summed E-state index contributed by atoms with van der Waals surface area (Å²) in [6, 6.07) is 0. The lowest BCUT2D eigenvalue weighted by Crippen LogP contribution is -2.53. The van der Waals surface area contributed by atoms with Crippen LogP contribution in [0.1, 0.15) is 40.0 Å². The van der Waals surface area contributed by atoms with E-state index in [-0.39, 0.29) is 17.1 Å². The van der Waals surface area contributed by atoms with Gasteiger partial charge in [0.05, 0.1) is 75.4 Å². The molecule has 1 amide bonds. The summed E-state index contributed by atoms with van der Waals surface area (Å²) in [5.41, 5.74) is -0.364. The molecule has 0 fully saturated rings. The minimum Gasteiger partial charge on any atom is -0.331 e. The number of likely N-dealkylation sites (N-methyl/N-ethyl adjacent to an activating group) is 1. The predicted octanol–water partition coefficient (Wildman–Crippen LogP) is 1.70. The van der Waals surface area contributed by atoms with Gasteiger partial charge >= 0.3 is 0 Å². The highest BCUT2D eigenvalue weighted by Gasteiger charge is 2.28. The largest absolute Gasteiger partial charge is 0.331 e. The average molecular weight is 388 g/mol. The van der Waals surface area contributed by atoms with E-state index in [0.29, 0.717) is 24.1 Å². The third-order valence-corrected chi connectivity index (χ3v) is 5.36. The second-order valence-corrected chi connectivity index (χ2v) is 11.0. The highest BCUT2D eigenvalue weighted by atomic mass is 16.2. The highest BCUT2D eigenvalue weighted by molar-refractivity contribution is 5.81. The maximum absolute atomic E-state index is 12.5. The molecule has 1 N–H and O–H groups in total. The molecule has 160 valence electrons. The number of rotatable bonds is 13. The molecule has 0 aromatic rings. The van der Waals surface area contributed by atoms with Crippen LogP contribution in [0.4, 0.5) is 0 Å². The number of nitrogens with zero attached hydrogens (tertiary/aromatic N) is 3. The van der Waals surface area contributed by atoms with Crippen molar-refractivity contribution in [2.24, 2.45) is 5.41 Å². The average Bonchev–Trinajstić information content (AvgIpc) is 2.49. The van der Waals surface area contributed by atoms with E-state index in [1.807, 2.05) is 34.9 Å². The molecular formula is C21H47N4O2+3. The minimum absolute atomic E-state index is 0.0544. The Morgan fingerprint density at radius 3 is 1.89 bits per heavy atom. The van der Waals surface area contributed by atoms with Crippen molar-refractivity contribution in [1.82, 2.24) is 5.32 Å². The SMILES string of the molecule is CCC(C)(C)C(=O)NC[N+](C)(C)CC(=O)CC[N+](C)(C)CCC[N+](C)(C)C. The van der Waals surface area contributed by atoms with Gasteiger partial charge < -0.3 is 18.8 Å². The van der Waals surface area contributed by atoms with Crippen molar-refractivity contribution in [3.63, 3.8) is 0 Å². The number of amides is 1. The summed E-state index contributed by atoms with van der Waals surface area (Å²) in [6.45, 7) is 9.95. The molecule has 0 aliphatic carbocycles. The second kappa shape index (κ2) is 9.99. The van der Waals surface area contributed by atoms with Crippen molar-refractivity contribution in [2.75, 3.05) is 82.2 Å². The lowest BCUT2D eigenvalue weighted by molar-refractivity contribution is -0.902. The van der Waals surface area contributed by atoms with Gasteiger partial charge in [0.1, 0.15) is 6.54 Å². The van der Waals surface area contributed by atoms with Gasteiger partial charge in [-0.3, -0.25) is 9.59 Å².